The summed E-state index contributed by atoms with van der Waals surface area (Å²) in [6, 6.07) is 18.5. The van der Waals surface area contributed by atoms with E-state index in [0.29, 0.717) is 18.3 Å². The number of anilines is 1. The molecule has 0 saturated carbocycles. The van der Waals surface area contributed by atoms with Crippen molar-refractivity contribution in [3.63, 3.8) is 0 Å². The number of carbonyl (C=O) groups is 2. The van der Waals surface area contributed by atoms with Gasteiger partial charge in [0.1, 0.15) is 11.9 Å². The Hall–Kier alpha value is -4.13. The number of amides is 1. The summed E-state index contributed by atoms with van der Waals surface area (Å²) >= 11 is 0. The first-order chi connectivity index (χ1) is 17.3. The first kappa shape index (κ1) is 25.0. The molecule has 2 aromatic carbocycles. The third kappa shape index (κ3) is 5.92. The van der Waals surface area contributed by atoms with Gasteiger partial charge in [-0.2, -0.15) is 0 Å². The summed E-state index contributed by atoms with van der Waals surface area (Å²) in [5, 5.41) is 15.5. The average Bonchev–Trinajstić information content (AvgIpc) is 3.38. The molecular formula is C29H32N4O3. The van der Waals surface area contributed by atoms with E-state index in [2.05, 4.69) is 60.3 Å². The number of aromatic nitrogens is 1. The van der Waals surface area contributed by atoms with E-state index in [1.54, 1.807) is 30.5 Å². The fraction of sp³-hybridized carbons (Fsp3) is 0.276. The maximum absolute atomic E-state index is 13.1. The number of carboxylic acid groups (broad SMARTS) is 1. The van der Waals surface area contributed by atoms with Gasteiger partial charge >= 0.3 is 5.97 Å². The van der Waals surface area contributed by atoms with Gasteiger partial charge in [0.15, 0.2) is 0 Å². The van der Waals surface area contributed by atoms with Gasteiger partial charge in [-0.3, -0.25) is 4.79 Å². The summed E-state index contributed by atoms with van der Waals surface area (Å²) in [5.74, 6) is 0.593. The van der Waals surface area contributed by atoms with Gasteiger partial charge in [-0.1, -0.05) is 56.8 Å². The Labute approximate surface area is 211 Å². The molecular weight excluding hydrogens is 452 g/mol. The van der Waals surface area contributed by atoms with E-state index in [9.17, 15) is 14.7 Å². The van der Waals surface area contributed by atoms with Crippen molar-refractivity contribution in [3.05, 3.63) is 96.0 Å². The fourth-order valence-corrected chi connectivity index (χ4v) is 4.37. The minimum Gasteiger partial charge on any atom is -0.478 e. The predicted molar refractivity (Wildman–Crippen MR) is 142 cm³/mol. The molecule has 186 valence electrons. The zero-order valence-corrected chi connectivity index (χ0v) is 20.7. The van der Waals surface area contributed by atoms with E-state index in [1.807, 2.05) is 17.0 Å². The Kier molecular flexibility index (Phi) is 7.68. The van der Waals surface area contributed by atoms with Crippen molar-refractivity contribution in [1.82, 2.24) is 15.2 Å². The smallest absolute Gasteiger partial charge is 0.335 e. The van der Waals surface area contributed by atoms with Gasteiger partial charge in [0.2, 0.25) is 5.91 Å². The molecule has 0 aliphatic carbocycles. The summed E-state index contributed by atoms with van der Waals surface area (Å²) in [6.07, 6.45) is 3.29. The molecule has 3 N–H and O–H groups in total. The van der Waals surface area contributed by atoms with Crippen molar-refractivity contribution in [1.29, 1.82) is 0 Å². The summed E-state index contributed by atoms with van der Waals surface area (Å²) in [7, 11) is 0. The van der Waals surface area contributed by atoms with E-state index in [4.69, 9.17) is 0 Å². The molecule has 3 aromatic rings. The first-order valence-electron chi connectivity index (χ1n) is 12.2. The molecule has 0 bridgehead atoms. The molecule has 0 radical (unpaired) electrons. The predicted octanol–water partition coefficient (Wildman–Crippen LogP) is 5.23. The molecule has 7 heteroatoms. The van der Waals surface area contributed by atoms with Crippen molar-refractivity contribution in [3.8, 4) is 11.1 Å². The highest BCUT2D eigenvalue weighted by Gasteiger charge is 2.31. The Balaban J connectivity index is 1.35. The number of carboxylic acids is 1. The molecule has 1 aliphatic rings. The van der Waals surface area contributed by atoms with Gasteiger partial charge in [-0.25, -0.2) is 9.78 Å². The number of benzene rings is 2. The molecule has 1 amide bonds. The lowest BCUT2D eigenvalue weighted by Crippen LogP contribution is -2.42. The second kappa shape index (κ2) is 11.1. The van der Waals surface area contributed by atoms with Crippen molar-refractivity contribution in [2.75, 3.05) is 11.9 Å². The van der Waals surface area contributed by atoms with E-state index in [1.165, 1.54) is 11.1 Å². The molecule has 1 aliphatic heterocycles. The van der Waals surface area contributed by atoms with Gasteiger partial charge in [0, 0.05) is 24.8 Å². The summed E-state index contributed by atoms with van der Waals surface area (Å²) < 4.78 is 0. The van der Waals surface area contributed by atoms with Crippen LogP contribution in [0.1, 0.15) is 54.1 Å². The van der Waals surface area contributed by atoms with Crippen LogP contribution in [0.4, 0.5) is 5.82 Å². The molecule has 7 nitrogen and oxygen atoms in total. The van der Waals surface area contributed by atoms with E-state index < -0.39 is 5.97 Å². The fourth-order valence-electron chi connectivity index (χ4n) is 4.37. The van der Waals surface area contributed by atoms with Crippen LogP contribution >= 0.6 is 0 Å². The number of hydrogen-bond donors (Lipinski definition) is 3. The number of nitrogens with one attached hydrogen (secondary N) is 2. The Morgan fingerprint density at radius 2 is 1.89 bits per heavy atom. The number of hydrogen-bond acceptors (Lipinski definition) is 5. The zero-order chi connectivity index (χ0) is 25.7. The van der Waals surface area contributed by atoms with Crippen LogP contribution in [0.25, 0.3) is 11.1 Å². The van der Waals surface area contributed by atoms with Crippen molar-refractivity contribution < 1.29 is 14.7 Å². The number of aromatic carboxylic acids is 1. The standard InChI is InChI=1S/C29H32N4O3/c1-19(2)22-11-9-21(10-12-22)17-30-20(3)33-15-5-8-26(33)28(34)32-27-14-13-25(18-31-27)23-6-4-7-24(16-23)29(35)36/h4,6-7,9-14,16,18-19,26,30H,3,5,8,15,17H2,1-2H3,(H,35,36)(H,31,32,34)/t26-/m1/s1. The van der Waals surface area contributed by atoms with Crippen LogP contribution in [0.15, 0.2) is 79.3 Å². The van der Waals surface area contributed by atoms with Crippen LogP contribution in [0.3, 0.4) is 0 Å². The molecule has 1 atom stereocenters. The third-order valence-corrected chi connectivity index (χ3v) is 6.50. The Morgan fingerprint density at radius 1 is 1.11 bits per heavy atom. The van der Waals surface area contributed by atoms with Gasteiger partial charge in [0.05, 0.1) is 11.4 Å². The van der Waals surface area contributed by atoms with Crippen molar-refractivity contribution in [2.24, 2.45) is 0 Å². The maximum Gasteiger partial charge on any atom is 0.335 e. The van der Waals surface area contributed by atoms with Crippen molar-refractivity contribution in [2.45, 2.75) is 45.2 Å². The van der Waals surface area contributed by atoms with Crippen LogP contribution in [-0.2, 0) is 11.3 Å². The first-order valence-corrected chi connectivity index (χ1v) is 12.2. The Bertz CT molecular complexity index is 1240. The van der Waals surface area contributed by atoms with Gasteiger partial charge in [-0.05, 0) is 59.7 Å². The molecule has 1 aromatic heterocycles. The minimum absolute atomic E-state index is 0.120. The van der Waals surface area contributed by atoms with Gasteiger partial charge in [-0.15, -0.1) is 0 Å². The highest BCUT2D eigenvalue weighted by molar-refractivity contribution is 5.94. The van der Waals surface area contributed by atoms with Crippen LogP contribution in [0.5, 0.6) is 0 Å². The zero-order valence-electron chi connectivity index (χ0n) is 20.7. The number of likely N-dealkylation sites (tertiary alicyclic amines) is 1. The lowest BCUT2D eigenvalue weighted by Gasteiger charge is -2.28. The van der Waals surface area contributed by atoms with E-state index in [-0.39, 0.29) is 17.5 Å². The van der Waals surface area contributed by atoms with E-state index in [0.717, 1.165) is 36.3 Å². The van der Waals surface area contributed by atoms with Gasteiger partial charge < -0.3 is 20.6 Å². The lowest BCUT2D eigenvalue weighted by atomic mass is 10.0. The van der Waals surface area contributed by atoms with Crippen LogP contribution in [0, 0.1) is 0 Å². The SMILES string of the molecule is C=C(NCc1ccc(C(C)C)cc1)N1CCC[C@@H]1C(=O)Nc1ccc(-c2cccc(C(=O)O)c2)cn1. The minimum atomic E-state index is -0.977. The molecule has 4 rings (SSSR count). The number of nitrogens with zero attached hydrogens (tertiary/aromatic N) is 2. The van der Waals surface area contributed by atoms with Crippen LogP contribution < -0.4 is 10.6 Å². The molecule has 0 unspecified atom stereocenters. The number of rotatable bonds is 9. The van der Waals surface area contributed by atoms with E-state index >= 15 is 0 Å². The molecule has 1 saturated heterocycles. The topological polar surface area (TPSA) is 94.6 Å². The highest BCUT2D eigenvalue weighted by Crippen LogP contribution is 2.24. The van der Waals surface area contributed by atoms with Crippen LogP contribution in [-0.4, -0.2) is 39.5 Å². The molecule has 0 spiro atoms. The normalized spacial score (nSPS) is 15.1. The number of pyridine rings is 1. The molecule has 1 fully saturated rings. The maximum atomic E-state index is 13.1. The second-order valence-electron chi connectivity index (χ2n) is 9.36. The number of carbonyl (C=O) groups excluding carboxylic acids is 1. The molecule has 2 heterocycles. The summed E-state index contributed by atoms with van der Waals surface area (Å²) in [4.78, 5) is 30.7. The Morgan fingerprint density at radius 3 is 2.56 bits per heavy atom. The largest absolute Gasteiger partial charge is 0.478 e. The monoisotopic (exact) mass is 484 g/mol. The third-order valence-electron chi connectivity index (χ3n) is 6.50. The average molecular weight is 485 g/mol. The summed E-state index contributed by atoms with van der Waals surface area (Å²) in [6.45, 7) is 9.95. The van der Waals surface area contributed by atoms with Crippen LogP contribution in [0.2, 0.25) is 0 Å². The van der Waals surface area contributed by atoms with Gasteiger partial charge in [0.25, 0.3) is 0 Å². The molecule has 36 heavy (non-hydrogen) atoms. The highest BCUT2D eigenvalue weighted by atomic mass is 16.4. The summed E-state index contributed by atoms with van der Waals surface area (Å²) in [5.41, 5.74) is 4.22. The van der Waals surface area contributed by atoms with Crippen molar-refractivity contribution >= 4 is 17.7 Å². The lowest BCUT2D eigenvalue weighted by molar-refractivity contribution is -0.119. The quantitative estimate of drug-likeness (QED) is 0.385. The second-order valence-corrected chi connectivity index (χ2v) is 9.36.